The Morgan fingerprint density at radius 3 is 1.81 bits per heavy atom. The van der Waals surface area contributed by atoms with E-state index in [1.807, 2.05) is 26.0 Å². The van der Waals surface area contributed by atoms with Crippen LogP contribution in [0.4, 0.5) is 26.3 Å². The summed E-state index contributed by atoms with van der Waals surface area (Å²) in [5.41, 5.74) is -3.78. The molecule has 2 aromatic carbocycles. The quantitative estimate of drug-likeness (QED) is 0.642. The van der Waals surface area contributed by atoms with Gasteiger partial charge in [0.1, 0.15) is 0 Å². The van der Waals surface area contributed by atoms with Crippen LogP contribution in [0.2, 0.25) is 0 Å². The van der Waals surface area contributed by atoms with Gasteiger partial charge in [-0.25, -0.2) is 0 Å². The molecular formula is C19H18F6O. The highest BCUT2D eigenvalue weighted by Gasteiger charge is 2.71. The molecule has 0 heterocycles. The Labute approximate surface area is 147 Å². The van der Waals surface area contributed by atoms with E-state index in [1.54, 1.807) is 12.1 Å². The highest BCUT2D eigenvalue weighted by Crippen LogP contribution is 2.50. The molecule has 0 aromatic heterocycles. The maximum atomic E-state index is 13.0. The summed E-state index contributed by atoms with van der Waals surface area (Å²) in [7, 11) is 0. The molecule has 0 aliphatic carbocycles. The lowest BCUT2D eigenvalue weighted by Crippen LogP contribution is -2.53. The number of hydrogen-bond donors (Lipinski definition) is 1. The molecule has 0 amide bonds. The summed E-state index contributed by atoms with van der Waals surface area (Å²) < 4.78 is 78.2. The minimum absolute atomic E-state index is 0.118. The molecule has 0 bridgehead atoms. The zero-order chi connectivity index (χ0) is 19.9. The molecule has 0 fully saturated rings. The molecular weight excluding hydrogens is 358 g/mol. The van der Waals surface area contributed by atoms with Crippen LogP contribution in [-0.4, -0.2) is 17.5 Å². The molecule has 0 spiro atoms. The van der Waals surface area contributed by atoms with Crippen LogP contribution in [0.3, 0.4) is 0 Å². The number of halogens is 6. The summed E-state index contributed by atoms with van der Waals surface area (Å²) in [5.74, 6) is 0.118. The third-order valence-electron chi connectivity index (χ3n) is 4.34. The number of benzene rings is 2. The Kier molecular flexibility index (Phi) is 5.16. The van der Waals surface area contributed by atoms with Crippen molar-refractivity contribution >= 4 is 0 Å². The second-order valence-corrected chi connectivity index (χ2v) is 6.48. The standard InChI is InChI=1S/C19H18F6O/c1-11(2)14-6-4-5-7-16(14)15-9-8-13(10-12(15)3)17(26,18(20,21)22)19(23,24)25/h4-11,26H,1-3H3. The summed E-state index contributed by atoms with van der Waals surface area (Å²) >= 11 is 0. The molecule has 0 atom stereocenters. The van der Waals surface area contributed by atoms with E-state index in [2.05, 4.69) is 0 Å². The first-order valence-corrected chi connectivity index (χ1v) is 7.87. The van der Waals surface area contributed by atoms with Gasteiger partial charge in [0.2, 0.25) is 0 Å². The zero-order valence-electron chi connectivity index (χ0n) is 14.3. The average Bonchev–Trinajstić information content (AvgIpc) is 2.51. The van der Waals surface area contributed by atoms with Crippen molar-refractivity contribution in [3.63, 3.8) is 0 Å². The molecule has 0 saturated heterocycles. The van der Waals surface area contributed by atoms with Gasteiger partial charge in [-0.1, -0.05) is 56.3 Å². The van der Waals surface area contributed by atoms with Crippen molar-refractivity contribution in [3.8, 4) is 11.1 Å². The Hall–Kier alpha value is -2.02. The first-order valence-electron chi connectivity index (χ1n) is 7.87. The zero-order valence-corrected chi connectivity index (χ0v) is 14.3. The fraction of sp³-hybridized carbons (Fsp3) is 0.368. The fourth-order valence-corrected chi connectivity index (χ4v) is 2.92. The lowest BCUT2D eigenvalue weighted by molar-refractivity contribution is -0.376. The van der Waals surface area contributed by atoms with E-state index < -0.39 is 23.5 Å². The van der Waals surface area contributed by atoms with Crippen LogP contribution in [0.15, 0.2) is 42.5 Å². The summed E-state index contributed by atoms with van der Waals surface area (Å²) in [5, 5.41) is 9.53. The fourth-order valence-electron chi connectivity index (χ4n) is 2.92. The first-order chi connectivity index (χ1) is 11.8. The molecule has 0 aliphatic heterocycles. The van der Waals surface area contributed by atoms with Crippen LogP contribution < -0.4 is 0 Å². The van der Waals surface area contributed by atoms with Crippen molar-refractivity contribution in [1.29, 1.82) is 0 Å². The lowest BCUT2D eigenvalue weighted by Gasteiger charge is -2.33. The van der Waals surface area contributed by atoms with Crippen LogP contribution >= 0.6 is 0 Å². The van der Waals surface area contributed by atoms with E-state index in [0.717, 1.165) is 17.2 Å². The predicted octanol–water partition coefficient (Wildman–Crippen LogP) is 6.10. The molecule has 2 aromatic rings. The van der Waals surface area contributed by atoms with Crippen LogP contribution in [0.5, 0.6) is 0 Å². The molecule has 0 unspecified atom stereocenters. The second-order valence-electron chi connectivity index (χ2n) is 6.48. The number of rotatable bonds is 3. The molecule has 0 aliphatic rings. The van der Waals surface area contributed by atoms with Gasteiger partial charge in [0.15, 0.2) is 0 Å². The summed E-state index contributed by atoms with van der Waals surface area (Å²) in [6, 6.07) is 9.79. The van der Waals surface area contributed by atoms with E-state index in [1.165, 1.54) is 13.0 Å². The lowest BCUT2D eigenvalue weighted by atomic mass is 9.86. The van der Waals surface area contributed by atoms with E-state index >= 15 is 0 Å². The smallest absolute Gasteiger partial charge is 0.369 e. The molecule has 1 nitrogen and oxygen atoms in total. The van der Waals surface area contributed by atoms with Crippen LogP contribution in [0, 0.1) is 6.92 Å². The Bertz CT molecular complexity index is 775. The molecule has 2 rings (SSSR count). The number of hydrogen-bond acceptors (Lipinski definition) is 1. The Balaban J connectivity index is 2.65. The normalized spacial score (nSPS) is 13.3. The van der Waals surface area contributed by atoms with E-state index in [9.17, 15) is 31.4 Å². The maximum absolute atomic E-state index is 13.0. The average molecular weight is 376 g/mol. The van der Waals surface area contributed by atoms with Gasteiger partial charge in [0.25, 0.3) is 5.60 Å². The Morgan fingerprint density at radius 1 is 0.808 bits per heavy atom. The monoisotopic (exact) mass is 376 g/mol. The maximum Gasteiger partial charge on any atom is 0.430 e. The number of alkyl halides is 6. The van der Waals surface area contributed by atoms with Crippen LogP contribution in [0.25, 0.3) is 11.1 Å². The molecule has 1 N–H and O–H groups in total. The third-order valence-corrected chi connectivity index (χ3v) is 4.34. The minimum atomic E-state index is -5.89. The van der Waals surface area contributed by atoms with Crippen molar-refractivity contribution in [2.24, 2.45) is 0 Å². The van der Waals surface area contributed by atoms with Gasteiger partial charge in [-0.15, -0.1) is 0 Å². The van der Waals surface area contributed by atoms with Gasteiger partial charge in [-0.05, 0) is 35.1 Å². The molecule has 7 heteroatoms. The van der Waals surface area contributed by atoms with Gasteiger partial charge < -0.3 is 5.11 Å². The van der Waals surface area contributed by atoms with Crippen molar-refractivity contribution in [2.45, 2.75) is 44.6 Å². The van der Waals surface area contributed by atoms with Crippen LogP contribution in [0.1, 0.15) is 36.5 Å². The topological polar surface area (TPSA) is 20.2 Å². The number of aryl methyl sites for hydroxylation is 1. The molecule has 0 radical (unpaired) electrons. The van der Waals surface area contributed by atoms with Gasteiger partial charge in [0.05, 0.1) is 0 Å². The highest BCUT2D eigenvalue weighted by molar-refractivity contribution is 5.71. The number of aliphatic hydroxyl groups is 1. The molecule has 0 saturated carbocycles. The summed E-state index contributed by atoms with van der Waals surface area (Å²) in [4.78, 5) is 0. The van der Waals surface area contributed by atoms with Gasteiger partial charge in [0, 0.05) is 5.56 Å². The van der Waals surface area contributed by atoms with Crippen molar-refractivity contribution in [2.75, 3.05) is 0 Å². The second kappa shape index (κ2) is 6.61. The first kappa shape index (κ1) is 20.3. The summed E-state index contributed by atoms with van der Waals surface area (Å²) in [6.07, 6.45) is -11.8. The molecule has 142 valence electrons. The molecule has 26 heavy (non-hydrogen) atoms. The predicted molar refractivity (Wildman–Crippen MR) is 86.7 cm³/mol. The van der Waals surface area contributed by atoms with Crippen molar-refractivity contribution < 1.29 is 31.4 Å². The highest BCUT2D eigenvalue weighted by atomic mass is 19.4. The SMILES string of the molecule is Cc1cc(C(O)(C(F)(F)F)C(F)(F)F)ccc1-c1ccccc1C(C)C. The van der Waals surface area contributed by atoms with E-state index in [4.69, 9.17) is 0 Å². The minimum Gasteiger partial charge on any atom is -0.369 e. The van der Waals surface area contributed by atoms with Gasteiger partial charge >= 0.3 is 12.4 Å². The Morgan fingerprint density at radius 2 is 1.35 bits per heavy atom. The van der Waals surface area contributed by atoms with Crippen LogP contribution in [-0.2, 0) is 5.60 Å². The van der Waals surface area contributed by atoms with Crippen molar-refractivity contribution in [3.05, 3.63) is 59.2 Å². The van der Waals surface area contributed by atoms with E-state index in [0.29, 0.717) is 11.6 Å². The third kappa shape index (κ3) is 3.32. The van der Waals surface area contributed by atoms with Crippen molar-refractivity contribution in [1.82, 2.24) is 0 Å². The van der Waals surface area contributed by atoms with Gasteiger partial charge in [-0.3, -0.25) is 0 Å². The van der Waals surface area contributed by atoms with E-state index in [-0.39, 0.29) is 11.5 Å². The van der Waals surface area contributed by atoms with Gasteiger partial charge in [-0.2, -0.15) is 26.3 Å². The largest absolute Gasteiger partial charge is 0.430 e. The summed E-state index contributed by atoms with van der Waals surface area (Å²) in [6.45, 7) is 5.30.